The van der Waals surface area contributed by atoms with E-state index in [1.165, 1.54) is 0 Å². The lowest BCUT2D eigenvalue weighted by molar-refractivity contribution is 0.0932. The van der Waals surface area contributed by atoms with E-state index in [0.29, 0.717) is 5.56 Å². The van der Waals surface area contributed by atoms with Gasteiger partial charge in [0.05, 0.1) is 24.3 Å². The summed E-state index contributed by atoms with van der Waals surface area (Å²) in [6.45, 7) is 6.81. The Morgan fingerprint density at radius 1 is 1.19 bits per heavy atom. The molecule has 0 radical (unpaired) electrons. The lowest BCUT2D eigenvalue weighted by Crippen LogP contribution is -2.44. The van der Waals surface area contributed by atoms with Crippen LogP contribution < -0.4 is 15.0 Å². The minimum absolute atomic E-state index is 0.00701. The lowest BCUT2D eigenvalue weighted by Gasteiger charge is -2.34. The van der Waals surface area contributed by atoms with Crippen molar-refractivity contribution in [1.82, 2.24) is 9.88 Å². The molecule has 6 nitrogen and oxygen atoms in total. The minimum atomic E-state index is -0.00701. The molecule has 0 atom stereocenters. The Labute approximate surface area is 189 Å². The van der Waals surface area contributed by atoms with Crippen molar-refractivity contribution in [3.63, 3.8) is 0 Å². The Bertz CT molecular complexity index is 1150. The largest absolute Gasteiger partial charge is 0.497 e. The van der Waals surface area contributed by atoms with Crippen LogP contribution in [-0.2, 0) is 6.54 Å². The van der Waals surface area contributed by atoms with Crippen LogP contribution in [0.2, 0.25) is 0 Å². The SMILES string of the molecule is CCCn1c(C)c(C(=O)NC2CCN(c3ccc(C#N)cc3)CC2)c2cc(OC)ccc21. The van der Waals surface area contributed by atoms with Gasteiger partial charge in [-0.3, -0.25) is 4.79 Å². The molecule has 1 amide bonds. The van der Waals surface area contributed by atoms with E-state index in [0.717, 1.165) is 72.5 Å². The maximum Gasteiger partial charge on any atom is 0.253 e. The summed E-state index contributed by atoms with van der Waals surface area (Å²) in [4.78, 5) is 15.7. The van der Waals surface area contributed by atoms with Gasteiger partial charge in [0.2, 0.25) is 0 Å². The smallest absolute Gasteiger partial charge is 0.253 e. The molecule has 3 aromatic rings. The molecule has 2 aromatic carbocycles. The Kier molecular flexibility index (Phi) is 6.36. The van der Waals surface area contributed by atoms with Crippen molar-refractivity contribution in [3.05, 3.63) is 59.3 Å². The Morgan fingerprint density at radius 3 is 2.53 bits per heavy atom. The molecule has 1 saturated heterocycles. The van der Waals surface area contributed by atoms with Gasteiger partial charge in [-0.15, -0.1) is 0 Å². The third-order valence-electron chi connectivity index (χ3n) is 6.40. The molecule has 0 bridgehead atoms. The molecule has 4 rings (SSSR count). The first-order valence-electron chi connectivity index (χ1n) is 11.3. The molecule has 0 unspecified atom stereocenters. The lowest BCUT2D eigenvalue weighted by atomic mass is 10.0. The molecule has 6 heteroatoms. The van der Waals surface area contributed by atoms with Crippen molar-refractivity contribution in [3.8, 4) is 11.8 Å². The van der Waals surface area contributed by atoms with Crippen molar-refractivity contribution < 1.29 is 9.53 Å². The van der Waals surface area contributed by atoms with Crippen LogP contribution in [0.5, 0.6) is 5.75 Å². The number of aryl methyl sites for hydroxylation is 1. The van der Waals surface area contributed by atoms with Crippen molar-refractivity contribution >= 4 is 22.5 Å². The van der Waals surface area contributed by atoms with Gasteiger partial charge in [0.25, 0.3) is 5.91 Å². The third-order valence-corrected chi connectivity index (χ3v) is 6.40. The summed E-state index contributed by atoms with van der Waals surface area (Å²) in [6, 6.07) is 16.0. The number of nitriles is 1. The fraction of sp³-hybridized carbons (Fsp3) is 0.385. The summed E-state index contributed by atoms with van der Waals surface area (Å²) < 4.78 is 7.65. The predicted molar refractivity (Wildman–Crippen MR) is 127 cm³/mol. The van der Waals surface area contributed by atoms with Crippen LogP contribution in [0.25, 0.3) is 10.9 Å². The number of piperidine rings is 1. The molecule has 1 fully saturated rings. The summed E-state index contributed by atoms with van der Waals surface area (Å²) in [7, 11) is 1.65. The predicted octanol–water partition coefficient (Wildman–Crippen LogP) is 4.64. The summed E-state index contributed by atoms with van der Waals surface area (Å²) in [6.07, 6.45) is 2.79. The fourth-order valence-electron chi connectivity index (χ4n) is 4.67. The Hall–Kier alpha value is -3.46. The number of nitrogens with one attached hydrogen (secondary N) is 1. The number of methoxy groups -OCH3 is 1. The van der Waals surface area contributed by atoms with Crippen LogP contribution in [0.3, 0.4) is 0 Å². The van der Waals surface area contributed by atoms with Gasteiger partial charge in [0.1, 0.15) is 5.75 Å². The monoisotopic (exact) mass is 430 g/mol. The van der Waals surface area contributed by atoms with E-state index in [4.69, 9.17) is 10.00 Å². The van der Waals surface area contributed by atoms with Gasteiger partial charge in [0.15, 0.2) is 0 Å². The zero-order chi connectivity index (χ0) is 22.7. The highest BCUT2D eigenvalue weighted by molar-refractivity contribution is 6.09. The van der Waals surface area contributed by atoms with Crippen molar-refractivity contribution in [2.45, 2.75) is 45.7 Å². The number of aromatic nitrogens is 1. The topological polar surface area (TPSA) is 70.3 Å². The number of fused-ring (bicyclic) bond motifs is 1. The van der Waals surface area contributed by atoms with Crippen LogP contribution in [0.1, 0.15) is 47.8 Å². The van der Waals surface area contributed by atoms with Gasteiger partial charge in [0, 0.05) is 48.0 Å². The molecular formula is C26H30N4O2. The average molecular weight is 431 g/mol. The molecule has 1 N–H and O–H groups in total. The highest BCUT2D eigenvalue weighted by Gasteiger charge is 2.25. The third kappa shape index (κ3) is 4.16. The second-order valence-electron chi connectivity index (χ2n) is 8.39. The second-order valence-corrected chi connectivity index (χ2v) is 8.39. The maximum absolute atomic E-state index is 13.4. The van der Waals surface area contributed by atoms with Gasteiger partial charge in [-0.1, -0.05) is 6.92 Å². The van der Waals surface area contributed by atoms with Crippen LogP contribution in [-0.4, -0.2) is 36.7 Å². The normalized spacial score (nSPS) is 14.4. The standard InChI is InChI=1S/C26H30N4O2/c1-4-13-30-18(2)25(23-16-22(32-3)9-10-24(23)30)26(31)28-20-11-14-29(15-12-20)21-7-5-19(17-27)6-8-21/h5-10,16,20H,4,11-15H2,1-3H3,(H,28,31). The average Bonchev–Trinajstić information content (AvgIpc) is 3.10. The summed E-state index contributed by atoms with van der Waals surface area (Å²) in [5, 5.41) is 13.2. The second kappa shape index (κ2) is 9.35. The quantitative estimate of drug-likeness (QED) is 0.619. The number of anilines is 1. The van der Waals surface area contributed by atoms with Crippen molar-refractivity contribution in [1.29, 1.82) is 5.26 Å². The number of hydrogen-bond acceptors (Lipinski definition) is 4. The van der Waals surface area contributed by atoms with E-state index in [1.807, 2.05) is 49.4 Å². The highest BCUT2D eigenvalue weighted by atomic mass is 16.5. The van der Waals surface area contributed by atoms with E-state index in [-0.39, 0.29) is 11.9 Å². The van der Waals surface area contributed by atoms with Gasteiger partial charge < -0.3 is 19.5 Å². The zero-order valence-electron chi connectivity index (χ0n) is 19.0. The molecular weight excluding hydrogens is 400 g/mol. The number of carbonyl (C=O) groups excluding carboxylic acids is 1. The number of nitrogens with zero attached hydrogens (tertiary/aromatic N) is 3. The molecule has 0 spiro atoms. The number of carbonyl (C=O) groups is 1. The highest BCUT2D eigenvalue weighted by Crippen LogP contribution is 2.30. The molecule has 1 aromatic heterocycles. The molecule has 2 heterocycles. The van der Waals surface area contributed by atoms with Gasteiger partial charge in [-0.25, -0.2) is 0 Å². The number of ether oxygens (including phenoxy) is 1. The van der Waals surface area contributed by atoms with Crippen molar-refractivity contribution in [2.24, 2.45) is 0 Å². The molecule has 166 valence electrons. The molecule has 0 saturated carbocycles. The zero-order valence-corrected chi connectivity index (χ0v) is 19.0. The Balaban J connectivity index is 1.49. The summed E-state index contributed by atoms with van der Waals surface area (Å²) in [5.74, 6) is 0.753. The van der Waals surface area contributed by atoms with E-state index < -0.39 is 0 Å². The van der Waals surface area contributed by atoms with Gasteiger partial charge in [-0.2, -0.15) is 5.26 Å². The molecule has 32 heavy (non-hydrogen) atoms. The maximum atomic E-state index is 13.4. The summed E-state index contributed by atoms with van der Waals surface area (Å²) in [5.41, 5.74) is 4.62. The first-order valence-corrected chi connectivity index (χ1v) is 11.3. The van der Waals surface area contributed by atoms with Crippen LogP contribution >= 0.6 is 0 Å². The minimum Gasteiger partial charge on any atom is -0.497 e. The van der Waals surface area contributed by atoms with E-state index in [2.05, 4.69) is 27.8 Å². The van der Waals surface area contributed by atoms with Crippen molar-refractivity contribution in [2.75, 3.05) is 25.1 Å². The molecule has 0 aliphatic carbocycles. The number of hydrogen-bond donors (Lipinski definition) is 1. The van der Waals surface area contributed by atoms with Gasteiger partial charge >= 0.3 is 0 Å². The van der Waals surface area contributed by atoms with Crippen LogP contribution in [0.4, 0.5) is 5.69 Å². The van der Waals surface area contributed by atoms with Gasteiger partial charge in [-0.05, 0) is 68.7 Å². The molecule has 1 aliphatic rings. The number of benzene rings is 2. The first-order chi connectivity index (χ1) is 15.5. The summed E-state index contributed by atoms with van der Waals surface area (Å²) >= 11 is 0. The fourth-order valence-corrected chi connectivity index (χ4v) is 4.67. The van der Waals surface area contributed by atoms with E-state index in [1.54, 1.807) is 7.11 Å². The molecule has 1 aliphatic heterocycles. The Morgan fingerprint density at radius 2 is 1.91 bits per heavy atom. The first kappa shape index (κ1) is 21.8. The number of amides is 1. The van der Waals surface area contributed by atoms with Crippen LogP contribution in [0.15, 0.2) is 42.5 Å². The van der Waals surface area contributed by atoms with E-state index >= 15 is 0 Å². The van der Waals surface area contributed by atoms with E-state index in [9.17, 15) is 4.79 Å². The van der Waals surface area contributed by atoms with Crippen LogP contribution in [0, 0.1) is 18.3 Å². The number of rotatable bonds is 6.